The van der Waals surface area contributed by atoms with Crippen molar-refractivity contribution in [2.45, 2.75) is 135 Å². The highest BCUT2D eigenvalue weighted by Gasteiger charge is 2.43. The predicted molar refractivity (Wildman–Crippen MR) is 216 cm³/mol. The highest BCUT2D eigenvalue weighted by molar-refractivity contribution is 8.14. The number of carbonyl (C=O) groups excluding carboxylic acids is 8. The SMILES string of the molecule is C/C=C1/NC(=O)[C@@H]2CSC(=N2)[C@@H]2CCCN2C(=O)[C@@H](CC(C)C)NC(=O)[C@H](C)NC(=O)[C@@H](O)COC(=O)[C@H](C(C)C)N(C)C(=O)[C@H]([C@@H](C)O)NC(=O)[C@@H]2CCCN2C1=O. The van der Waals surface area contributed by atoms with Gasteiger partial charge in [-0.1, -0.05) is 33.8 Å². The fourth-order valence-corrected chi connectivity index (χ4v) is 8.85. The third-order valence-corrected chi connectivity index (χ3v) is 12.0. The highest BCUT2D eigenvalue weighted by Crippen LogP contribution is 2.30. The minimum absolute atomic E-state index is 0.0114. The van der Waals surface area contributed by atoms with Crippen molar-refractivity contribution in [3.05, 3.63) is 11.8 Å². The monoisotopic (exact) mass is 848 g/mol. The van der Waals surface area contributed by atoms with Crippen LogP contribution < -0.4 is 21.3 Å². The van der Waals surface area contributed by atoms with Gasteiger partial charge in [-0.2, -0.15) is 0 Å². The van der Waals surface area contributed by atoms with E-state index in [1.54, 1.807) is 25.7 Å². The molecule has 0 aromatic heterocycles. The molecule has 7 amide bonds. The van der Waals surface area contributed by atoms with E-state index >= 15 is 0 Å². The number of hydrogen-bond acceptors (Lipinski definition) is 13. The molecule has 4 aliphatic rings. The van der Waals surface area contributed by atoms with Gasteiger partial charge in [0.25, 0.3) is 11.8 Å². The predicted octanol–water partition coefficient (Wildman–Crippen LogP) is -1.20. The lowest BCUT2D eigenvalue weighted by Gasteiger charge is -2.34. The van der Waals surface area contributed by atoms with Crippen molar-refractivity contribution in [2.24, 2.45) is 16.8 Å². The van der Waals surface area contributed by atoms with Gasteiger partial charge in [0.15, 0.2) is 6.10 Å². The molecule has 0 saturated carbocycles. The van der Waals surface area contributed by atoms with E-state index in [-0.39, 0.29) is 42.7 Å². The molecule has 19 nitrogen and oxygen atoms in total. The number of hydrogen-bond donors (Lipinski definition) is 6. The molecule has 20 heteroatoms. The summed E-state index contributed by atoms with van der Waals surface area (Å²) < 4.78 is 5.27. The van der Waals surface area contributed by atoms with E-state index in [9.17, 15) is 48.6 Å². The number of allylic oxidation sites excluding steroid dienone is 1. The molecule has 0 radical (unpaired) electrons. The van der Waals surface area contributed by atoms with Crippen LogP contribution >= 0.6 is 11.8 Å². The van der Waals surface area contributed by atoms with Crippen molar-refractivity contribution >= 4 is 64.1 Å². The molecular formula is C39H60N8O11S. The smallest absolute Gasteiger partial charge is 0.329 e. The number of cyclic esters (lactones) is 1. The third-order valence-electron chi connectivity index (χ3n) is 10.8. The van der Waals surface area contributed by atoms with Gasteiger partial charge < -0.3 is 50.9 Å². The molecule has 59 heavy (non-hydrogen) atoms. The van der Waals surface area contributed by atoms with Gasteiger partial charge in [0.05, 0.1) is 17.2 Å². The highest BCUT2D eigenvalue weighted by atomic mass is 32.2. The summed E-state index contributed by atoms with van der Waals surface area (Å²) in [5, 5.41) is 32.2. The molecular weight excluding hydrogens is 789 g/mol. The standard InChI is InChI=1S/C39H60N8O11S/c1-9-23-36(54)46-14-10-12-26(46)33(52)44-29(22(7)48)38(56)45(8)30(20(4)5)39(57)58-17-28(49)34(53)40-21(6)31(50)42-24(16-19(2)3)37(55)47-15-11-13-27(47)35-43-25(18-59-35)32(51)41-23/h9,19-22,24-30,48-49H,10-18H2,1-8H3,(H,40,53)(H,41,51)(H,42,50)(H,44,52)/b23-9+/t21-,22+,24+,25-,26-,27-,28-,29-,30-/m0/s1. The second-order valence-corrected chi connectivity index (χ2v) is 17.3. The summed E-state index contributed by atoms with van der Waals surface area (Å²) in [5.74, 6) is -6.15. The van der Waals surface area contributed by atoms with Crippen LogP contribution in [0.1, 0.15) is 80.6 Å². The van der Waals surface area contributed by atoms with Crippen LogP contribution in [0.15, 0.2) is 16.8 Å². The lowest BCUT2D eigenvalue weighted by molar-refractivity contribution is -0.161. The summed E-state index contributed by atoms with van der Waals surface area (Å²) in [6.07, 6.45) is 0.271. The first-order chi connectivity index (χ1) is 27.8. The summed E-state index contributed by atoms with van der Waals surface area (Å²) in [6.45, 7) is 11.0. The normalized spacial score (nSPS) is 31.6. The largest absolute Gasteiger partial charge is 0.461 e. The molecule has 4 rings (SSSR count). The molecule has 4 aliphatic heterocycles. The number of nitrogens with one attached hydrogen (secondary N) is 4. The molecule has 4 heterocycles. The summed E-state index contributed by atoms with van der Waals surface area (Å²) in [6, 6.07) is -7.40. The Balaban J connectivity index is 1.66. The van der Waals surface area contributed by atoms with Gasteiger partial charge >= 0.3 is 5.97 Å². The van der Waals surface area contributed by atoms with Gasteiger partial charge in [-0.3, -0.25) is 38.6 Å². The van der Waals surface area contributed by atoms with Crippen molar-refractivity contribution in [2.75, 3.05) is 32.5 Å². The molecule has 2 bridgehead atoms. The Morgan fingerprint density at radius 1 is 0.864 bits per heavy atom. The van der Waals surface area contributed by atoms with E-state index in [0.717, 1.165) is 4.90 Å². The summed E-state index contributed by atoms with van der Waals surface area (Å²) in [5.41, 5.74) is -0.0711. The Morgan fingerprint density at radius 3 is 2.12 bits per heavy atom. The van der Waals surface area contributed by atoms with Crippen LogP contribution in [0.3, 0.4) is 0 Å². The summed E-state index contributed by atoms with van der Waals surface area (Å²) in [7, 11) is 1.28. The maximum Gasteiger partial charge on any atom is 0.329 e. The zero-order valence-corrected chi connectivity index (χ0v) is 35.9. The van der Waals surface area contributed by atoms with Gasteiger partial charge in [0.2, 0.25) is 29.5 Å². The van der Waals surface area contributed by atoms with Crippen molar-refractivity contribution in [1.82, 2.24) is 36.0 Å². The molecule has 0 unspecified atom stereocenters. The average Bonchev–Trinajstić information content (AvgIpc) is 3.97. The molecule has 2 fully saturated rings. The quantitative estimate of drug-likeness (QED) is 0.144. The van der Waals surface area contributed by atoms with E-state index < -0.39 is 108 Å². The Kier molecular flexibility index (Phi) is 16.5. The number of aliphatic hydroxyl groups is 2. The van der Waals surface area contributed by atoms with Crippen LogP contribution in [-0.2, 0) is 43.1 Å². The van der Waals surface area contributed by atoms with Gasteiger partial charge in [-0.05, 0) is 64.7 Å². The number of likely N-dealkylation sites (N-methyl/N-ethyl adjacent to an activating group) is 1. The Labute approximate surface area is 348 Å². The third kappa shape index (κ3) is 11.4. The zero-order valence-electron chi connectivity index (χ0n) is 35.1. The molecule has 6 N–H and O–H groups in total. The number of thioether (sulfide) groups is 1. The first-order valence-electron chi connectivity index (χ1n) is 20.3. The molecule has 0 spiro atoms. The number of ether oxygens (including phenoxy) is 1. The van der Waals surface area contributed by atoms with Crippen molar-refractivity contribution in [3.63, 3.8) is 0 Å². The van der Waals surface area contributed by atoms with E-state index in [1.807, 2.05) is 13.8 Å². The number of amides is 7. The van der Waals surface area contributed by atoms with Crippen LogP contribution in [0, 0.1) is 11.8 Å². The van der Waals surface area contributed by atoms with Crippen LogP contribution in [0.25, 0.3) is 0 Å². The topological polar surface area (TPSA) is 256 Å². The van der Waals surface area contributed by atoms with Crippen LogP contribution in [0.5, 0.6) is 0 Å². The second-order valence-electron chi connectivity index (χ2n) is 16.3. The molecule has 2 saturated heterocycles. The molecule has 0 aromatic carbocycles. The number of aliphatic hydroxyl groups excluding tert-OH is 2. The van der Waals surface area contributed by atoms with E-state index in [1.165, 1.54) is 43.6 Å². The number of aliphatic imine (C=N–C) groups is 1. The lowest BCUT2D eigenvalue weighted by Crippen LogP contribution is -2.60. The first kappa shape index (κ1) is 47.1. The van der Waals surface area contributed by atoms with Gasteiger partial charge in [0.1, 0.15) is 48.6 Å². The number of rotatable bonds is 4. The minimum atomic E-state index is -1.91. The number of carbonyl (C=O) groups is 8. The zero-order chi connectivity index (χ0) is 43.9. The Bertz CT molecular complexity index is 1700. The van der Waals surface area contributed by atoms with Crippen molar-refractivity contribution in [1.29, 1.82) is 0 Å². The second kappa shape index (κ2) is 20.6. The van der Waals surface area contributed by atoms with E-state index in [2.05, 4.69) is 26.3 Å². The maximum absolute atomic E-state index is 14.1. The van der Waals surface area contributed by atoms with Crippen LogP contribution in [0.4, 0.5) is 0 Å². The number of fused-ring (bicyclic) bond motifs is 4. The Morgan fingerprint density at radius 2 is 1.51 bits per heavy atom. The average molecular weight is 849 g/mol. The fourth-order valence-electron chi connectivity index (χ4n) is 7.66. The molecule has 0 aromatic rings. The first-order valence-corrected chi connectivity index (χ1v) is 21.2. The molecule has 9 atom stereocenters. The van der Waals surface area contributed by atoms with Crippen molar-refractivity contribution in [3.8, 4) is 0 Å². The van der Waals surface area contributed by atoms with Crippen LogP contribution in [0.2, 0.25) is 0 Å². The lowest BCUT2D eigenvalue weighted by atomic mass is 10.0. The Hall–Kier alpha value is -4.56. The number of esters is 1. The molecule has 0 aliphatic carbocycles. The maximum atomic E-state index is 14.1. The molecule has 328 valence electrons. The van der Waals surface area contributed by atoms with E-state index in [4.69, 9.17) is 4.74 Å². The summed E-state index contributed by atoms with van der Waals surface area (Å²) >= 11 is 1.33. The van der Waals surface area contributed by atoms with Gasteiger partial charge in [0, 0.05) is 25.9 Å². The number of nitrogens with zero attached hydrogens (tertiary/aromatic N) is 4. The van der Waals surface area contributed by atoms with Gasteiger partial charge in [-0.25, -0.2) is 4.79 Å². The van der Waals surface area contributed by atoms with E-state index in [0.29, 0.717) is 30.9 Å². The minimum Gasteiger partial charge on any atom is -0.461 e. The van der Waals surface area contributed by atoms with Gasteiger partial charge in [-0.15, -0.1) is 11.8 Å². The van der Waals surface area contributed by atoms with Crippen molar-refractivity contribution < 1.29 is 53.3 Å². The summed E-state index contributed by atoms with van der Waals surface area (Å²) in [4.78, 5) is 117. The van der Waals surface area contributed by atoms with Crippen LogP contribution in [-0.4, -0.2) is 164 Å². The fraction of sp³-hybridized carbons (Fsp3) is 0.718.